The van der Waals surface area contributed by atoms with Crippen LogP contribution in [0.25, 0.3) is 32.8 Å². The fraction of sp³-hybridized carbons (Fsp3) is 0.538. The molecule has 2 N–H and O–H groups in total. The van der Waals surface area contributed by atoms with E-state index in [0.29, 0.717) is 55.1 Å². The smallest absolute Gasteiger partial charge is 0.319 e. The van der Waals surface area contributed by atoms with E-state index in [2.05, 4.69) is 31.4 Å². The van der Waals surface area contributed by atoms with Crippen LogP contribution in [0.4, 0.5) is 10.2 Å². The minimum absolute atomic E-state index is 0.0458. The molecule has 1 aromatic heterocycles. The third-order valence-corrected chi connectivity index (χ3v) is 14.2. The first-order chi connectivity index (χ1) is 25.7. The molecule has 6 heterocycles. The Labute approximate surface area is 310 Å². The Morgan fingerprint density at radius 3 is 2.42 bits per heavy atom. The van der Waals surface area contributed by atoms with Gasteiger partial charge in [-0.3, -0.25) is 9.80 Å². The van der Waals surface area contributed by atoms with Crippen LogP contribution in [0.5, 0.6) is 11.8 Å². The Kier molecular flexibility index (Phi) is 9.18. The summed E-state index contributed by atoms with van der Waals surface area (Å²) in [6.45, 7) is 8.32. The van der Waals surface area contributed by atoms with Crippen molar-refractivity contribution in [1.82, 2.24) is 33.7 Å². The summed E-state index contributed by atoms with van der Waals surface area (Å²) in [5, 5.41) is 12.8. The molecular weight excluding hydrogens is 696 g/mol. The molecule has 3 aromatic carbocycles. The number of aromatic hydroxyl groups is 1. The van der Waals surface area contributed by atoms with Gasteiger partial charge in [0, 0.05) is 75.4 Å². The molecule has 9 rings (SSSR count). The number of aromatic nitrogens is 2. The Bertz CT molecular complexity index is 2110. The number of phenols is 1. The summed E-state index contributed by atoms with van der Waals surface area (Å²) in [6.07, 6.45) is 5.86. The molecule has 53 heavy (non-hydrogen) atoms. The topological polar surface area (TPSA) is 118 Å². The number of likely N-dealkylation sites (N-methyl/N-ethyl adjacent to an activating group) is 1. The van der Waals surface area contributed by atoms with E-state index in [9.17, 15) is 13.5 Å². The van der Waals surface area contributed by atoms with Gasteiger partial charge in [-0.05, 0) is 93.2 Å². The van der Waals surface area contributed by atoms with E-state index in [0.717, 1.165) is 88.6 Å². The Morgan fingerprint density at radius 1 is 0.925 bits per heavy atom. The number of fused-ring (bicyclic) bond motifs is 5. The van der Waals surface area contributed by atoms with Crippen molar-refractivity contribution in [2.24, 2.45) is 0 Å². The average molecular weight is 745 g/mol. The molecule has 0 radical (unpaired) electrons. The van der Waals surface area contributed by atoms with Gasteiger partial charge in [0.15, 0.2) is 5.82 Å². The highest BCUT2D eigenvalue weighted by Crippen LogP contribution is 2.42. The Morgan fingerprint density at radius 2 is 1.66 bits per heavy atom. The zero-order valence-corrected chi connectivity index (χ0v) is 31.2. The highest BCUT2D eigenvalue weighted by molar-refractivity contribution is 7.87. The second-order valence-corrected chi connectivity index (χ2v) is 17.4. The number of nitrogens with one attached hydrogen (secondary N) is 1. The first kappa shape index (κ1) is 35.1. The number of piperazine rings is 2. The van der Waals surface area contributed by atoms with Crippen LogP contribution in [0, 0.1) is 5.82 Å². The zero-order chi connectivity index (χ0) is 36.3. The second kappa shape index (κ2) is 13.9. The van der Waals surface area contributed by atoms with E-state index in [4.69, 9.17) is 14.7 Å². The largest absolute Gasteiger partial charge is 0.508 e. The first-order valence-electron chi connectivity index (χ1n) is 19.2. The molecule has 0 amide bonds. The van der Waals surface area contributed by atoms with Crippen LogP contribution in [0.2, 0.25) is 0 Å². The standard InChI is InChI=1S/C39H49FN8O4S/c1-44-18-20-45(21-19-44)17-14-41-53(50,51)48-28-8-9-29(48)25-46(24-28)37-33-11-10-32(34-23-30(49)22-27-6-2-3-7-31(27)34)35(40)36(33)42-38(43-37)52-26-39-12-4-15-47(39)16-5-13-39/h2-3,6-7,10-11,22-23,28-29,41,49H,4-5,8-9,12-21,24-26H2,1H3. The minimum Gasteiger partial charge on any atom is -0.508 e. The number of hydrogen-bond donors (Lipinski definition) is 2. The number of ether oxygens (including phenoxy) is 1. The Balaban J connectivity index is 1.03. The van der Waals surface area contributed by atoms with Gasteiger partial charge in [0.2, 0.25) is 0 Å². The van der Waals surface area contributed by atoms with E-state index < -0.39 is 16.0 Å². The molecule has 5 fully saturated rings. The lowest BCUT2D eigenvalue weighted by Crippen LogP contribution is -2.59. The molecule has 0 aliphatic carbocycles. The van der Waals surface area contributed by atoms with Crippen LogP contribution < -0.4 is 14.4 Å². The van der Waals surface area contributed by atoms with Gasteiger partial charge in [0.05, 0.1) is 5.54 Å². The summed E-state index contributed by atoms with van der Waals surface area (Å²) in [7, 11) is -1.59. The third kappa shape index (κ3) is 6.50. The number of benzene rings is 3. The van der Waals surface area contributed by atoms with Crippen molar-refractivity contribution in [3.63, 3.8) is 0 Å². The molecule has 12 nitrogen and oxygen atoms in total. The van der Waals surface area contributed by atoms with Crippen molar-refractivity contribution in [1.29, 1.82) is 0 Å². The van der Waals surface area contributed by atoms with Crippen molar-refractivity contribution in [3.8, 4) is 22.9 Å². The third-order valence-electron chi connectivity index (χ3n) is 12.5. The molecule has 5 aliphatic heterocycles. The predicted molar refractivity (Wildman–Crippen MR) is 204 cm³/mol. The fourth-order valence-corrected chi connectivity index (χ4v) is 11.4. The van der Waals surface area contributed by atoms with Crippen LogP contribution in [0.15, 0.2) is 48.5 Å². The number of rotatable bonds is 10. The molecule has 0 spiro atoms. The summed E-state index contributed by atoms with van der Waals surface area (Å²) in [5.41, 5.74) is 1.01. The van der Waals surface area contributed by atoms with Gasteiger partial charge >= 0.3 is 6.01 Å². The molecule has 5 saturated heterocycles. The van der Waals surface area contributed by atoms with Crippen LogP contribution in [0.3, 0.4) is 0 Å². The van der Waals surface area contributed by atoms with Crippen molar-refractivity contribution in [2.75, 3.05) is 84.0 Å². The molecule has 14 heteroatoms. The average Bonchev–Trinajstić information content (AvgIpc) is 3.82. The van der Waals surface area contributed by atoms with Crippen molar-refractivity contribution >= 4 is 37.7 Å². The normalized spacial score (nSPS) is 24.1. The summed E-state index contributed by atoms with van der Waals surface area (Å²) < 4.78 is 55.5. The second-order valence-electron chi connectivity index (χ2n) is 15.7. The number of phenolic OH excluding ortho intramolecular Hbond substituents is 1. The molecular formula is C39H49FN8O4S. The maximum absolute atomic E-state index is 17.0. The number of halogens is 1. The van der Waals surface area contributed by atoms with E-state index in [1.807, 2.05) is 30.3 Å². The van der Waals surface area contributed by atoms with E-state index in [1.54, 1.807) is 22.5 Å². The quantitative estimate of drug-likeness (QED) is 0.247. The highest BCUT2D eigenvalue weighted by Gasteiger charge is 2.47. The van der Waals surface area contributed by atoms with Crippen molar-refractivity contribution in [3.05, 3.63) is 54.3 Å². The summed E-state index contributed by atoms with van der Waals surface area (Å²) in [6, 6.07) is 14.1. The maximum Gasteiger partial charge on any atom is 0.319 e. The molecule has 0 saturated carbocycles. The van der Waals surface area contributed by atoms with Crippen LogP contribution >= 0.6 is 0 Å². The summed E-state index contributed by atoms with van der Waals surface area (Å²) in [4.78, 5) is 18.9. The van der Waals surface area contributed by atoms with Crippen molar-refractivity contribution < 1.29 is 22.7 Å². The molecule has 5 aliphatic rings. The Hall–Kier alpha value is -3.66. The summed E-state index contributed by atoms with van der Waals surface area (Å²) >= 11 is 0. The lowest BCUT2D eigenvalue weighted by atomic mass is 9.95. The maximum atomic E-state index is 17.0. The SMILES string of the molecule is CN1CCN(CCNS(=O)(=O)N2C3CCC2CN(c2nc(OCC45CCCN4CCC5)nc4c(F)c(-c5cc(O)cc6ccccc56)ccc24)C3)CC1. The highest BCUT2D eigenvalue weighted by atomic mass is 32.2. The van der Waals surface area contributed by atoms with Gasteiger partial charge in [0.1, 0.15) is 23.7 Å². The van der Waals surface area contributed by atoms with Gasteiger partial charge in [-0.15, -0.1) is 0 Å². The van der Waals surface area contributed by atoms with Crippen LogP contribution in [-0.4, -0.2) is 139 Å². The lowest BCUT2D eigenvalue weighted by Gasteiger charge is -2.41. The van der Waals surface area contributed by atoms with Gasteiger partial charge in [0.25, 0.3) is 10.2 Å². The van der Waals surface area contributed by atoms with Crippen LogP contribution in [0.1, 0.15) is 38.5 Å². The van der Waals surface area contributed by atoms with E-state index in [1.165, 1.54) is 0 Å². The van der Waals surface area contributed by atoms with Gasteiger partial charge in [-0.25, -0.2) is 9.11 Å². The monoisotopic (exact) mass is 744 g/mol. The van der Waals surface area contributed by atoms with E-state index in [-0.39, 0.29) is 34.9 Å². The molecule has 2 unspecified atom stereocenters. The number of nitrogens with zero attached hydrogens (tertiary/aromatic N) is 7. The van der Waals surface area contributed by atoms with Gasteiger partial charge < -0.3 is 19.6 Å². The number of hydrogen-bond acceptors (Lipinski definition) is 10. The molecule has 4 aromatic rings. The van der Waals surface area contributed by atoms with Gasteiger partial charge in [-0.1, -0.05) is 30.3 Å². The lowest BCUT2D eigenvalue weighted by molar-refractivity contribution is 0.108. The van der Waals surface area contributed by atoms with E-state index >= 15 is 4.39 Å². The molecule has 2 bridgehead atoms. The van der Waals surface area contributed by atoms with Gasteiger partial charge in [-0.2, -0.15) is 22.7 Å². The zero-order valence-electron chi connectivity index (χ0n) is 30.4. The predicted octanol–water partition coefficient (Wildman–Crippen LogP) is 4.04. The molecule has 282 valence electrons. The van der Waals surface area contributed by atoms with Crippen LogP contribution in [-0.2, 0) is 10.2 Å². The summed E-state index contributed by atoms with van der Waals surface area (Å²) in [5.74, 6) is 0.0991. The fourth-order valence-electron chi connectivity index (χ4n) is 9.73. The minimum atomic E-state index is -3.70. The first-order valence-corrected chi connectivity index (χ1v) is 20.7. The number of anilines is 1. The van der Waals surface area contributed by atoms with Crippen molar-refractivity contribution in [2.45, 2.75) is 56.1 Å². The molecule has 2 atom stereocenters.